The van der Waals surface area contributed by atoms with Gasteiger partial charge in [-0.25, -0.2) is 4.39 Å². The molecule has 0 bridgehead atoms. The zero-order valence-corrected chi connectivity index (χ0v) is 9.17. The molecule has 4 heteroatoms. The van der Waals surface area contributed by atoms with Crippen LogP contribution in [0.15, 0.2) is 53.5 Å². The SMILES string of the molecule is O=c1ccccn1CCOc1ccccc1F. The number of pyridine rings is 1. The van der Waals surface area contributed by atoms with Gasteiger partial charge in [-0.15, -0.1) is 0 Å². The Morgan fingerprint density at radius 1 is 1.12 bits per heavy atom. The second-order valence-electron chi connectivity index (χ2n) is 3.51. The Morgan fingerprint density at radius 2 is 1.88 bits per heavy atom. The molecule has 88 valence electrons. The Hall–Kier alpha value is -2.10. The second-order valence-corrected chi connectivity index (χ2v) is 3.51. The summed E-state index contributed by atoms with van der Waals surface area (Å²) < 4.78 is 20.0. The predicted octanol–water partition coefficient (Wildman–Crippen LogP) is 2.07. The molecular formula is C13H12FNO2. The predicted molar refractivity (Wildman–Crippen MR) is 62.6 cm³/mol. The number of ether oxygens (including phenoxy) is 1. The van der Waals surface area contributed by atoms with Crippen LogP contribution in [0.5, 0.6) is 5.75 Å². The Morgan fingerprint density at radius 3 is 2.65 bits per heavy atom. The molecule has 0 radical (unpaired) electrons. The number of hydrogen-bond acceptors (Lipinski definition) is 2. The molecule has 0 aliphatic rings. The van der Waals surface area contributed by atoms with E-state index in [9.17, 15) is 9.18 Å². The monoisotopic (exact) mass is 233 g/mol. The van der Waals surface area contributed by atoms with Crippen LogP contribution in [0.4, 0.5) is 4.39 Å². The molecule has 0 atom stereocenters. The van der Waals surface area contributed by atoms with Crippen molar-refractivity contribution in [2.75, 3.05) is 6.61 Å². The van der Waals surface area contributed by atoms with Crippen molar-refractivity contribution in [2.45, 2.75) is 6.54 Å². The van der Waals surface area contributed by atoms with Gasteiger partial charge < -0.3 is 9.30 Å². The van der Waals surface area contributed by atoms with E-state index in [2.05, 4.69) is 0 Å². The van der Waals surface area contributed by atoms with Crippen LogP contribution in [-0.4, -0.2) is 11.2 Å². The minimum atomic E-state index is -0.395. The average Bonchev–Trinajstić information content (AvgIpc) is 2.34. The standard InChI is InChI=1S/C13H12FNO2/c14-11-5-1-2-6-12(11)17-10-9-15-8-4-3-7-13(15)16/h1-8H,9-10H2. The highest BCUT2D eigenvalue weighted by atomic mass is 19.1. The van der Waals surface area contributed by atoms with E-state index in [-0.39, 0.29) is 17.9 Å². The molecule has 0 fully saturated rings. The molecule has 1 aromatic carbocycles. The summed E-state index contributed by atoms with van der Waals surface area (Å²) in [5.74, 6) is -0.190. The van der Waals surface area contributed by atoms with Crippen LogP contribution < -0.4 is 10.3 Å². The van der Waals surface area contributed by atoms with Crippen molar-refractivity contribution in [3.63, 3.8) is 0 Å². The number of halogens is 1. The summed E-state index contributed by atoms with van der Waals surface area (Å²) in [6.45, 7) is 0.652. The van der Waals surface area contributed by atoms with Crippen molar-refractivity contribution in [2.24, 2.45) is 0 Å². The third kappa shape index (κ3) is 2.93. The summed E-state index contributed by atoms with van der Waals surface area (Å²) in [4.78, 5) is 11.4. The van der Waals surface area contributed by atoms with Crippen molar-refractivity contribution < 1.29 is 9.13 Å². The van der Waals surface area contributed by atoms with Gasteiger partial charge in [0.05, 0.1) is 6.54 Å². The summed E-state index contributed by atoms with van der Waals surface area (Å²) in [5, 5.41) is 0. The molecule has 1 heterocycles. The summed E-state index contributed by atoms with van der Waals surface area (Å²) in [6, 6.07) is 11.1. The second kappa shape index (κ2) is 5.30. The van der Waals surface area contributed by atoms with E-state index in [1.54, 1.807) is 36.5 Å². The van der Waals surface area contributed by atoms with Gasteiger partial charge in [0.15, 0.2) is 11.6 Å². The molecule has 0 saturated carbocycles. The molecule has 17 heavy (non-hydrogen) atoms. The van der Waals surface area contributed by atoms with Crippen LogP contribution >= 0.6 is 0 Å². The summed E-state index contributed by atoms with van der Waals surface area (Å²) >= 11 is 0. The fourth-order valence-corrected chi connectivity index (χ4v) is 1.46. The van der Waals surface area contributed by atoms with Gasteiger partial charge in [-0.1, -0.05) is 18.2 Å². The summed E-state index contributed by atoms with van der Waals surface area (Å²) in [5.41, 5.74) is -0.0929. The van der Waals surface area contributed by atoms with Crippen LogP contribution in [0.25, 0.3) is 0 Å². The van der Waals surface area contributed by atoms with Gasteiger partial charge >= 0.3 is 0 Å². The van der Waals surface area contributed by atoms with Crippen molar-refractivity contribution in [1.29, 1.82) is 0 Å². The molecule has 0 amide bonds. The normalized spacial score (nSPS) is 10.2. The number of nitrogens with zero attached hydrogens (tertiary/aromatic N) is 1. The number of hydrogen-bond donors (Lipinski definition) is 0. The Labute approximate surface area is 98.1 Å². The van der Waals surface area contributed by atoms with Crippen LogP contribution in [0.2, 0.25) is 0 Å². The third-order valence-corrected chi connectivity index (χ3v) is 2.33. The molecule has 3 nitrogen and oxygen atoms in total. The lowest BCUT2D eigenvalue weighted by Crippen LogP contribution is -2.21. The smallest absolute Gasteiger partial charge is 0.250 e. The van der Waals surface area contributed by atoms with Gasteiger partial charge in [0.2, 0.25) is 0 Å². The van der Waals surface area contributed by atoms with E-state index >= 15 is 0 Å². The molecule has 2 aromatic rings. The minimum Gasteiger partial charge on any atom is -0.489 e. The van der Waals surface area contributed by atoms with Crippen LogP contribution in [0.3, 0.4) is 0 Å². The molecular weight excluding hydrogens is 221 g/mol. The third-order valence-electron chi connectivity index (χ3n) is 2.33. The van der Waals surface area contributed by atoms with Gasteiger partial charge in [0, 0.05) is 12.3 Å². The fourth-order valence-electron chi connectivity index (χ4n) is 1.46. The molecule has 0 N–H and O–H groups in total. The molecule has 0 saturated heterocycles. The van der Waals surface area contributed by atoms with E-state index in [0.717, 1.165) is 0 Å². The first kappa shape index (κ1) is 11.4. The zero-order valence-electron chi connectivity index (χ0n) is 9.17. The minimum absolute atomic E-state index is 0.0929. The van der Waals surface area contributed by atoms with Gasteiger partial charge in [-0.05, 0) is 18.2 Å². The van der Waals surface area contributed by atoms with Crippen molar-refractivity contribution in [1.82, 2.24) is 4.57 Å². The lowest BCUT2D eigenvalue weighted by atomic mass is 10.3. The molecule has 1 aromatic heterocycles. The van der Waals surface area contributed by atoms with E-state index in [4.69, 9.17) is 4.74 Å². The quantitative estimate of drug-likeness (QED) is 0.809. The Kier molecular flexibility index (Phi) is 3.55. The maximum atomic E-state index is 13.2. The lowest BCUT2D eigenvalue weighted by Gasteiger charge is -2.08. The molecule has 0 aliphatic heterocycles. The summed E-state index contributed by atoms with van der Waals surface area (Å²) in [6.07, 6.45) is 1.67. The number of benzene rings is 1. The fraction of sp³-hybridized carbons (Fsp3) is 0.154. The van der Waals surface area contributed by atoms with Gasteiger partial charge in [0.25, 0.3) is 5.56 Å². The molecule has 2 rings (SSSR count). The van der Waals surface area contributed by atoms with E-state index < -0.39 is 5.82 Å². The molecule has 0 unspecified atom stereocenters. The first-order chi connectivity index (χ1) is 8.27. The highest BCUT2D eigenvalue weighted by Crippen LogP contribution is 2.14. The molecule has 0 aliphatic carbocycles. The van der Waals surface area contributed by atoms with Crippen molar-refractivity contribution in [3.8, 4) is 5.75 Å². The largest absolute Gasteiger partial charge is 0.489 e. The van der Waals surface area contributed by atoms with Gasteiger partial charge in [-0.2, -0.15) is 0 Å². The highest BCUT2D eigenvalue weighted by Gasteiger charge is 2.01. The van der Waals surface area contributed by atoms with Gasteiger partial charge in [-0.3, -0.25) is 4.79 Å². The van der Waals surface area contributed by atoms with Gasteiger partial charge in [0.1, 0.15) is 6.61 Å². The first-order valence-electron chi connectivity index (χ1n) is 5.30. The maximum absolute atomic E-state index is 13.2. The number of rotatable bonds is 4. The van der Waals surface area contributed by atoms with E-state index in [0.29, 0.717) is 6.54 Å². The van der Waals surface area contributed by atoms with E-state index in [1.807, 2.05) is 0 Å². The van der Waals surface area contributed by atoms with Crippen LogP contribution in [0, 0.1) is 5.82 Å². The highest BCUT2D eigenvalue weighted by molar-refractivity contribution is 5.23. The van der Waals surface area contributed by atoms with Crippen LogP contribution in [-0.2, 0) is 6.54 Å². The summed E-state index contributed by atoms with van der Waals surface area (Å²) in [7, 11) is 0. The lowest BCUT2D eigenvalue weighted by molar-refractivity contribution is 0.282. The first-order valence-corrected chi connectivity index (χ1v) is 5.30. The molecule has 0 spiro atoms. The van der Waals surface area contributed by atoms with E-state index in [1.165, 1.54) is 16.7 Å². The van der Waals surface area contributed by atoms with Crippen molar-refractivity contribution in [3.05, 3.63) is 64.8 Å². The Balaban J connectivity index is 1.95. The number of para-hydroxylation sites is 1. The Bertz CT molecular complexity index is 551. The topological polar surface area (TPSA) is 31.2 Å². The van der Waals surface area contributed by atoms with Crippen molar-refractivity contribution >= 4 is 0 Å². The maximum Gasteiger partial charge on any atom is 0.250 e. The van der Waals surface area contributed by atoms with Crippen LogP contribution in [0.1, 0.15) is 0 Å². The number of aromatic nitrogens is 1. The average molecular weight is 233 g/mol. The zero-order chi connectivity index (χ0) is 12.1.